The molecule has 0 aromatic heterocycles. The normalized spacial score (nSPS) is 13.1. The second kappa shape index (κ2) is 4.95. The Morgan fingerprint density at radius 3 is 2.71 bits per heavy atom. The minimum absolute atomic E-state index is 0.0277. The number of nitrogens with zero attached hydrogens (tertiary/aromatic N) is 1. The Bertz CT molecular complexity index is 418. The molecule has 0 saturated carbocycles. The zero-order valence-electron chi connectivity index (χ0n) is 10.0. The van der Waals surface area contributed by atoms with Crippen LogP contribution in [0.1, 0.15) is 0 Å². The van der Waals surface area contributed by atoms with E-state index in [0.717, 1.165) is 17.2 Å². The van der Waals surface area contributed by atoms with Crippen molar-refractivity contribution in [2.45, 2.75) is 0 Å². The van der Waals surface area contributed by atoms with Crippen LogP contribution in [0.15, 0.2) is 18.2 Å². The van der Waals surface area contributed by atoms with E-state index in [1.54, 1.807) is 19.0 Å². The molecule has 2 rings (SSSR count). The molecule has 0 saturated heterocycles. The topological polar surface area (TPSA) is 50.8 Å². The molecule has 0 spiro atoms. The lowest BCUT2D eigenvalue weighted by molar-refractivity contribution is -0.126. The standard InChI is InChI=1S/C12H16N2O3/c1-14(2)12(15)8-13-9-3-4-10-11(7-9)17-6-5-16-10/h3-4,7,13H,5-6,8H2,1-2H3. The van der Waals surface area contributed by atoms with E-state index in [2.05, 4.69) is 5.32 Å². The van der Waals surface area contributed by atoms with E-state index in [-0.39, 0.29) is 12.5 Å². The number of rotatable bonds is 3. The first-order chi connectivity index (χ1) is 8.16. The SMILES string of the molecule is CN(C)C(=O)CNc1ccc2c(c1)OCCO2. The summed E-state index contributed by atoms with van der Waals surface area (Å²) in [7, 11) is 3.46. The van der Waals surface area contributed by atoms with Crippen LogP contribution in [0.5, 0.6) is 11.5 Å². The van der Waals surface area contributed by atoms with E-state index in [1.807, 2.05) is 18.2 Å². The zero-order valence-corrected chi connectivity index (χ0v) is 10.0. The van der Waals surface area contributed by atoms with Gasteiger partial charge in [0.1, 0.15) is 13.2 Å². The average molecular weight is 236 g/mol. The molecule has 0 bridgehead atoms. The van der Waals surface area contributed by atoms with Crippen LogP contribution in [0.4, 0.5) is 5.69 Å². The van der Waals surface area contributed by atoms with Gasteiger partial charge in [-0.25, -0.2) is 0 Å². The number of hydrogen-bond acceptors (Lipinski definition) is 4. The number of ether oxygens (including phenoxy) is 2. The average Bonchev–Trinajstić information content (AvgIpc) is 2.35. The van der Waals surface area contributed by atoms with Crippen LogP contribution < -0.4 is 14.8 Å². The lowest BCUT2D eigenvalue weighted by atomic mass is 10.2. The van der Waals surface area contributed by atoms with Crippen molar-refractivity contribution in [2.75, 3.05) is 39.2 Å². The highest BCUT2D eigenvalue weighted by Gasteiger charge is 2.12. The van der Waals surface area contributed by atoms with Crippen molar-refractivity contribution >= 4 is 11.6 Å². The number of carbonyl (C=O) groups is 1. The lowest BCUT2D eigenvalue weighted by Crippen LogP contribution is -2.28. The monoisotopic (exact) mass is 236 g/mol. The van der Waals surface area contributed by atoms with Gasteiger partial charge in [-0.2, -0.15) is 0 Å². The van der Waals surface area contributed by atoms with Crippen LogP contribution in [0.3, 0.4) is 0 Å². The van der Waals surface area contributed by atoms with Gasteiger partial charge in [-0.15, -0.1) is 0 Å². The fourth-order valence-corrected chi connectivity index (χ4v) is 1.49. The number of amides is 1. The van der Waals surface area contributed by atoms with Crippen molar-refractivity contribution < 1.29 is 14.3 Å². The molecule has 1 heterocycles. The van der Waals surface area contributed by atoms with Crippen molar-refractivity contribution in [1.29, 1.82) is 0 Å². The first-order valence-corrected chi connectivity index (χ1v) is 5.50. The molecular weight excluding hydrogens is 220 g/mol. The Morgan fingerprint density at radius 1 is 1.29 bits per heavy atom. The summed E-state index contributed by atoms with van der Waals surface area (Å²) in [6.45, 7) is 1.42. The second-order valence-electron chi connectivity index (χ2n) is 4.00. The number of benzene rings is 1. The number of anilines is 1. The van der Waals surface area contributed by atoms with E-state index >= 15 is 0 Å². The van der Waals surface area contributed by atoms with E-state index in [0.29, 0.717) is 13.2 Å². The fourth-order valence-electron chi connectivity index (χ4n) is 1.49. The van der Waals surface area contributed by atoms with Gasteiger partial charge >= 0.3 is 0 Å². The predicted molar refractivity (Wildman–Crippen MR) is 64.6 cm³/mol. The van der Waals surface area contributed by atoms with E-state index in [9.17, 15) is 4.79 Å². The molecule has 0 aliphatic carbocycles. The lowest BCUT2D eigenvalue weighted by Gasteiger charge is -2.19. The maximum absolute atomic E-state index is 11.4. The molecule has 1 aromatic rings. The molecule has 1 N–H and O–H groups in total. The molecule has 1 aromatic carbocycles. The quantitative estimate of drug-likeness (QED) is 0.849. The molecule has 0 fully saturated rings. The second-order valence-corrected chi connectivity index (χ2v) is 4.00. The van der Waals surface area contributed by atoms with Crippen LogP contribution in [0.2, 0.25) is 0 Å². The van der Waals surface area contributed by atoms with Gasteiger partial charge in [0.05, 0.1) is 6.54 Å². The fraction of sp³-hybridized carbons (Fsp3) is 0.417. The molecule has 92 valence electrons. The molecule has 0 radical (unpaired) electrons. The summed E-state index contributed by atoms with van der Waals surface area (Å²) in [5.41, 5.74) is 0.851. The number of fused-ring (bicyclic) bond motifs is 1. The maximum Gasteiger partial charge on any atom is 0.241 e. The molecule has 1 amide bonds. The van der Waals surface area contributed by atoms with E-state index in [4.69, 9.17) is 9.47 Å². The Kier molecular flexibility index (Phi) is 3.37. The van der Waals surface area contributed by atoms with E-state index < -0.39 is 0 Å². The summed E-state index contributed by atoms with van der Waals surface area (Å²) in [6, 6.07) is 5.56. The van der Waals surface area contributed by atoms with Gasteiger partial charge in [0.15, 0.2) is 11.5 Å². The summed E-state index contributed by atoms with van der Waals surface area (Å²) in [6.07, 6.45) is 0. The van der Waals surface area contributed by atoms with Crippen LogP contribution in [-0.4, -0.2) is 44.7 Å². The molecule has 17 heavy (non-hydrogen) atoms. The van der Waals surface area contributed by atoms with Crippen molar-refractivity contribution in [2.24, 2.45) is 0 Å². The largest absolute Gasteiger partial charge is 0.486 e. The van der Waals surface area contributed by atoms with Crippen molar-refractivity contribution in [3.8, 4) is 11.5 Å². The number of carbonyl (C=O) groups excluding carboxylic acids is 1. The van der Waals surface area contributed by atoms with Gasteiger partial charge in [-0.1, -0.05) is 0 Å². The summed E-state index contributed by atoms with van der Waals surface area (Å²) in [5.74, 6) is 1.50. The van der Waals surface area contributed by atoms with Crippen LogP contribution in [0, 0.1) is 0 Å². The maximum atomic E-state index is 11.4. The minimum Gasteiger partial charge on any atom is -0.486 e. The van der Waals surface area contributed by atoms with Crippen LogP contribution >= 0.6 is 0 Å². The third-order valence-corrected chi connectivity index (χ3v) is 2.48. The number of likely N-dealkylation sites (N-methyl/N-ethyl adjacent to an activating group) is 1. The Morgan fingerprint density at radius 2 is 2.00 bits per heavy atom. The highest BCUT2D eigenvalue weighted by molar-refractivity contribution is 5.80. The molecule has 0 atom stereocenters. The first-order valence-electron chi connectivity index (χ1n) is 5.50. The first kappa shape index (κ1) is 11.6. The predicted octanol–water partition coefficient (Wildman–Crippen LogP) is 0.958. The Labute approximate surface area is 100 Å². The number of hydrogen-bond donors (Lipinski definition) is 1. The highest BCUT2D eigenvalue weighted by atomic mass is 16.6. The molecule has 1 aliphatic heterocycles. The summed E-state index contributed by atoms with van der Waals surface area (Å²) in [4.78, 5) is 13.0. The molecule has 1 aliphatic rings. The van der Waals surface area contributed by atoms with Gasteiger partial charge in [0.25, 0.3) is 0 Å². The van der Waals surface area contributed by atoms with Crippen molar-refractivity contribution in [3.05, 3.63) is 18.2 Å². The highest BCUT2D eigenvalue weighted by Crippen LogP contribution is 2.32. The van der Waals surface area contributed by atoms with E-state index in [1.165, 1.54) is 0 Å². The number of nitrogens with one attached hydrogen (secondary N) is 1. The third-order valence-electron chi connectivity index (χ3n) is 2.48. The Balaban J connectivity index is 2.00. The molecule has 5 nitrogen and oxygen atoms in total. The Hall–Kier alpha value is -1.91. The van der Waals surface area contributed by atoms with Crippen molar-refractivity contribution in [3.63, 3.8) is 0 Å². The van der Waals surface area contributed by atoms with Gasteiger partial charge in [-0.05, 0) is 12.1 Å². The van der Waals surface area contributed by atoms with Gasteiger partial charge < -0.3 is 19.7 Å². The van der Waals surface area contributed by atoms with Crippen LogP contribution in [-0.2, 0) is 4.79 Å². The smallest absolute Gasteiger partial charge is 0.241 e. The minimum atomic E-state index is 0.0277. The summed E-state index contributed by atoms with van der Waals surface area (Å²) < 4.78 is 10.9. The van der Waals surface area contributed by atoms with Gasteiger partial charge in [0.2, 0.25) is 5.91 Å². The molecule has 0 unspecified atom stereocenters. The summed E-state index contributed by atoms with van der Waals surface area (Å²) >= 11 is 0. The van der Waals surface area contributed by atoms with Gasteiger partial charge in [-0.3, -0.25) is 4.79 Å². The zero-order chi connectivity index (χ0) is 12.3. The van der Waals surface area contributed by atoms with Gasteiger partial charge in [0, 0.05) is 25.8 Å². The third kappa shape index (κ3) is 2.81. The van der Waals surface area contributed by atoms with Crippen LogP contribution in [0.25, 0.3) is 0 Å². The van der Waals surface area contributed by atoms with Crippen molar-refractivity contribution in [1.82, 2.24) is 4.90 Å². The molecular formula is C12H16N2O3. The summed E-state index contributed by atoms with van der Waals surface area (Å²) in [5, 5.41) is 3.05. The molecule has 5 heteroatoms.